The van der Waals surface area contributed by atoms with Gasteiger partial charge in [0.05, 0.1) is 12.1 Å². The third kappa shape index (κ3) is 3.14. The summed E-state index contributed by atoms with van der Waals surface area (Å²) in [5, 5.41) is 5.24. The summed E-state index contributed by atoms with van der Waals surface area (Å²) in [4.78, 5) is 17.3. The summed E-state index contributed by atoms with van der Waals surface area (Å²) in [5.41, 5.74) is 2.25. The van der Waals surface area contributed by atoms with E-state index in [0.717, 1.165) is 50.2 Å². The van der Waals surface area contributed by atoms with E-state index in [1.54, 1.807) is 19.0 Å². The molecule has 0 atom stereocenters. The monoisotopic (exact) mass is 309 g/mol. The van der Waals surface area contributed by atoms with Gasteiger partial charge in [0.2, 0.25) is 0 Å². The Hall–Kier alpha value is -2.54. The van der Waals surface area contributed by atoms with Crippen molar-refractivity contribution in [1.82, 2.24) is 29.6 Å². The maximum Gasteiger partial charge on any atom is 0.137 e. The fourth-order valence-electron chi connectivity index (χ4n) is 2.99. The first-order valence-corrected chi connectivity index (χ1v) is 7.88. The molecular weight excluding hydrogens is 290 g/mol. The van der Waals surface area contributed by atoms with Crippen LogP contribution in [0.15, 0.2) is 43.4 Å². The number of hydrogen-bond donors (Lipinski definition) is 0. The Balaban J connectivity index is 1.36. The molecule has 0 N–H and O–H groups in total. The van der Waals surface area contributed by atoms with Crippen molar-refractivity contribution in [1.29, 1.82) is 0 Å². The second-order valence-corrected chi connectivity index (χ2v) is 5.75. The van der Waals surface area contributed by atoms with E-state index in [1.807, 2.05) is 10.9 Å². The lowest BCUT2D eigenvalue weighted by Crippen LogP contribution is -2.47. The molecule has 3 heterocycles. The summed E-state index contributed by atoms with van der Waals surface area (Å²) < 4.78 is 1.88. The van der Waals surface area contributed by atoms with E-state index in [9.17, 15) is 0 Å². The summed E-state index contributed by atoms with van der Waals surface area (Å²) in [6.07, 6.45) is 6.82. The third-order valence-electron chi connectivity index (χ3n) is 4.34. The Morgan fingerprint density at radius 3 is 2.70 bits per heavy atom. The molecule has 0 saturated carbocycles. The highest BCUT2D eigenvalue weighted by molar-refractivity contribution is 5.81. The highest BCUT2D eigenvalue weighted by Gasteiger charge is 2.17. The van der Waals surface area contributed by atoms with E-state index >= 15 is 0 Å². The van der Waals surface area contributed by atoms with Crippen molar-refractivity contribution in [3.05, 3.63) is 43.4 Å². The topological polar surface area (TPSA) is 63.0 Å². The summed E-state index contributed by atoms with van der Waals surface area (Å²) in [6.45, 7) is 6.12. The van der Waals surface area contributed by atoms with Crippen molar-refractivity contribution in [2.45, 2.75) is 6.54 Å². The number of hydrogen-bond acceptors (Lipinski definition) is 6. The lowest BCUT2D eigenvalue weighted by molar-refractivity contribution is 0.244. The molecule has 0 amide bonds. The van der Waals surface area contributed by atoms with Gasteiger partial charge in [-0.3, -0.25) is 9.58 Å². The van der Waals surface area contributed by atoms with Gasteiger partial charge in [0.25, 0.3) is 0 Å². The number of fused-ring (bicyclic) bond motifs is 1. The molecule has 1 aromatic carbocycles. The first kappa shape index (κ1) is 14.1. The third-order valence-corrected chi connectivity index (χ3v) is 4.34. The van der Waals surface area contributed by atoms with Crippen LogP contribution in [0.25, 0.3) is 10.9 Å². The summed E-state index contributed by atoms with van der Waals surface area (Å²) >= 11 is 0. The molecule has 23 heavy (non-hydrogen) atoms. The predicted octanol–water partition coefficient (Wildman–Crippen LogP) is 1.04. The Morgan fingerprint density at radius 2 is 1.87 bits per heavy atom. The van der Waals surface area contributed by atoms with Gasteiger partial charge < -0.3 is 4.90 Å². The first-order valence-electron chi connectivity index (χ1n) is 7.88. The van der Waals surface area contributed by atoms with Crippen LogP contribution in [0.1, 0.15) is 0 Å². The van der Waals surface area contributed by atoms with Crippen molar-refractivity contribution in [3.63, 3.8) is 0 Å². The molecule has 0 unspecified atom stereocenters. The zero-order valence-corrected chi connectivity index (χ0v) is 12.9. The number of piperazine rings is 1. The molecule has 0 bridgehead atoms. The molecule has 0 spiro atoms. The van der Waals surface area contributed by atoms with Crippen molar-refractivity contribution < 1.29 is 0 Å². The molecule has 0 radical (unpaired) electrons. The minimum absolute atomic E-state index is 0.896. The van der Waals surface area contributed by atoms with Crippen LogP contribution in [-0.2, 0) is 6.54 Å². The fourth-order valence-corrected chi connectivity index (χ4v) is 2.99. The molecule has 118 valence electrons. The van der Waals surface area contributed by atoms with Gasteiger partial charge >= 0.3 is 0 Å². The second-order valence-electron chi connectivity index (χ2n) is 5.75. The lowest BCUT2D eigenvalue weighted by Gasteiger charge is -2.36. The number of aromatic nitrogens is 5. The molecule has 4 rings (SSSR count). The van der Waals surface area contributed by atoms with E-state index in [2.05, 4.69) is 48.0 Å². The Bertz CT molecular complexity index is 763. The van der Waals surface area contributed by atoms with Crippen LogP contribution < -0.4 is 4.90 Å². The second kappa shape index (κ2) is 6.29. The van der Waals surface area contributed by atoms with Gasteiger partial charge in [-0.05, 0) is 18.2 Å². The first-order chi connectivity index (χ1) is 11.4. The number of anilines is 1. The van der Waals surface area contributed by atoms with Crippen LogP contribution >= 0.6 is 0 Å². The average Bonchev–Trinajstić information content (AvgIpc) is 3.14. The maximum absolute atomic E-state index is 4.28. The van der Waals surface area contributed by atoms with E-state index in [0.29, 0.717) is 0 Å². The quantitative estimate of drug-likeness (QED) is 0.718. The number of nitrogens with zero attached hydrogens (tertiary/aromatic N) is 7. The van der Waals surface area contributed by atoms with Gasteiger partial charge in [-0.25, -0.2) is 15.0 Å². The highest BCUT2D eigenvalue weighted by atomic mass is 15.3. The van der Waals surface area contributed by atoms with Gasteiger partial charge in [-0.1, -0.05) is 0 Å². The molecule has 2 aromatic heterocycles. The van der Waals surface area contributed by atoms with E-state index < -0.39 is 0 Å². The fraction of sp³-hybridized carbons (Fsp3) is 0.375. The summed E-state index contributed by atoms with van der Waals surface area (Å²) in [7, 11) is 0. The molecule has 1 saturated heterocycles. The standard InChI is InChI=1S/C16H19N7/c1-2-16-14(10-17-11-19-16)9-15(1)22-6-3-21(4-7-22)5-8-23-13-18-12-20-23/h1-2,9-13H,3-8H2. The molecule has 1 aliphatic heterocycles. The Kier molecular flexibility index (Phi) is 3.85. The van der Waals surface area contributed by atoms with Crippen molar-refractivity contribution in [2.75, 3.05) is 37.6 Å². The van der Waals surface area contributed by atoms with Gasteiger partial charge in [0, 0.05) is 50.0 Å². The van der Waals surface area contributed by atoms with Crippen LogP contribution in [0.2, 0.25) is 0 Å². The zero-order chi connectivity index (χ0) is 15.5. The Morgan fingerprint density at radius 1 is 0.957 bits per heavy atom. The molecular formula is C16H19N7. The van der Waals surface area contributed by atoms with Crippen LogP contribution in [-0.4, -0.2) is 62.4 Å². The van der Waals surface area contributed by atoms with Crippen LogP contribution in [0.3, 0.4) is 0 Å². The van der Waals surface area contributed by atoms with Gasteiger partial charge in [0.1, 0.15) is 19.0 Å². The highest BCUT2D eigenvalue weighted by Crippen LogP contribution is 2.21. The van der Waals surface area contributed by atoms with E-state index in [-0.39, 0.29) is 0 Å². The summed E-state index contributed by atoms with van der Waals surface area (Å²) in [6, 6.07) is 6.41. The van der Waals surface area contributed by atoms with Crippen molar-refractivity contribution in [2.24, 2.45) is 0 Å². The van der Waals surface area contributed by atoms with Crippen LogP contribution in [0, 0.1) is 0 Å². The largest absolute Gasteiger partial charge is 0.369 e. The normalized spacial score (nSPS) is 16.1. The molecule has 3 aromatic rings. The minimum Gasteiger partial charge on any atom is -0.369 e. The van der Waals surface area contributed by atoms with Gasteiger partial charge in [-0.2, -0.15) is 5.10 Å². The Labute approximate surface area is 134 Å². The molecule has 7 nitrogen and oxygen atoms in total. The average molecular weight is 309 g/mol. The van der Waals surface area contributed by atoms with E-state index in [4.69, 9.17) is 0 Å². The molecule has 1 aliphatic rings. The maximum atomic E-state index is 4.28. The summed E-state index contributed by atoms with van der Waals surface area (Å²) in [5.74, 6) is 0. The molecule has 1 fully saturated rings. The molecule has 0 aliphatic carbocycles. The zero-order valence-electron chi connectivity index (χ0n) is 12.9. The van der Waals surface area contributed by atoms with E-state index in [1.165, 1.54) is 5.69 Å². The smallest absolute Gasteiger partial charge is 0.137 e. The number of rotatable bonds is 4. The molecule has 7 heteroatoms. The van der Waals surface area contributed by atoms with Gasteiger partial charge in [0.15, 0.2) is 0 Å². The minimum atomic E-state index is 0.896. The van der Waals surface area contributed by atoms with Crippen LogP contribution in [0.5, 0.6) is 0 Å². The van der Waals surface area contributed by atoms with Gasteiger partial charge in [-0.15, -0.1) is 0 Å². The lowest BCUT2D eigenvalue weighted by atomic mass is 10.2. The predicted molar refractivity (Wildman–Crippen MR) is 88.2 cm³/mol. The van der Waals surface area contributed by atoms with Crippen LogP contribution in [0.4, 0.5) is 5.69 Å². The van der Waals surface area contributed by atoms with Crippen molar-refractivity contribution in [3.8, 4) is 0 Å². The SMILES string of the molecule is c1ncc2cc(N3CCN(CCn4cncn4)CC3)ccc2n1. The van der Waals surface area contributed by atoms with Crippen molar-refractivity contribution >= 4 is 16.6 Å². The number of benzene rings is 1.